The SMILES string of the molecule is C=CC(=O)OC(=O)/C=C/C12COC1CN2C[C@H]1CSc2c(-c3cc(Cl)c(F)cc3F)c(Cl)cc3c(N4C[C@@H](C)NC[C@@H]4C)nc(=O)n1c23. The second-order valence-electron chi connectivity index (χ2n) is 12.5. The summed E-state index contributed by atoms with van der Waals surface area (Å²) in [5, 5.41) is 4.05. The highest BCUT2D eigenvalue weighted by molar-refractivity contribution is 7.99. The molecule has 3 fully saturated rings. The Balaban J connectivity index is 1.34. The van der Waals surface area contributed by atoms with E-state index in [0.29, 0.717) is 65.7 Å². The van der Waals surface area contributed by atoms with Gasteiger partial charge in [-0.15, -0.1) is 11.8 Å². The Morgan fingerprint density at radius 2 is 1.98 bits per heavy atom. The first-order valence-electron chi connectivity index (χ1n) is 15.4. The van der Waals surface area contributed by atoms with Crippen LogP contribution in [0, 0.1) is 11.6 Å². The number of carbonyl (C=O) groups is 2. The van der Waals surface area contributed by atoms with Crippen LogP contribution in [0.4, 0.5) is 14.6 Å². The van der Waals surface area contributed by atoms with Gasteiger partial charge in [-0.25, -0.2) is 23.2 Å². The van der Waals surface area contributed by atoms with Gasteiger partial charge in [0.2, 0.25) is 0 Å². The summed E-state index contributed by atoms with van der Waals surface area (Å²) in [4.78, 5) is 47.3. The number of hydrogen-bond acceptors (Lipinski definition) is 10. The Kier molecular flexibility index (Phi) is 8.66. The number of thioether (sulfide) groups is 1. The van der Waals surface area contributed by atoms with Crippen LogP contribution in [0.2, 0.25) is 10.0 Å². The third-order valence-electron chi connectivity index (χ3n) is 9.55. The fourth-order valence-electron chi connectivity index (χ4n) is 6.98. The Bertz CT molecular complexity index is 1980. The third-order valence-corrected chi connectivity index (χ3v) is 11.4. The van der Waals surface area contributed by atoms with Crippen molar-refractivity contribution in [2.45, 2.75) is 48.5 Å². The number of halogens is 4. The van der Waals surface area contributed by atoms with Crippen molar-refractivity contribution in [1.29, 1.82) is 0 Å². The van der Waals surface area contributed by atoms with Gasteiger partial charge < -0.3 is 19.7 Å². The highest BCUT2D eigenvalue weighted by atomic mass is 35.5. The van der Waals surface area contributed by atoms with Gasteiger partial charge in [-0.2, -0.15) is 4.98 Å². The first-order valence-corrected chi connectivity index (χ1v) is 17.2. The van der Waals surface area contributed by atoms with Gasteiger partial charge >= 0.3 is 17.6 Å². The average molecular weight is 719 g/mol. The molecule has 0 saturated carbocycles. The molecule has 2 aromatic carbocycles. The van der Waals surface area contributed by atoms with Crippen LogP contribution in [0.15, 0.2) is 52.7 Å². The first kappa shape index (κ1) is 33.2. The highest BCUT2D eigenvalue weighted by Gasteiger charge is 2.60. The number of aromatic nitrogens is 2. The summed E-state index contributed by atoms with van der Waals surface area (Å²) >= 11 is 14.5. The molecule has 4 aliphatic rings. The number of fused-ring (bicyclic) bond motifs is 1. The fourth-order valence-corrected chi connectivity index (χ4v) is 8.82. The normalized spacial score (nSPS) is 26.6. The number of nitrogens with one attached hydrogen (secondary N) is 1. The summed E-state index contributed by atoms with van der Waals surface area (Å²) in [5.74, 6) is -2.49. The molecule has 4 aliphatic heterocycles. The van der Waals surface area contributed by atoms with E-state index in [-0.39, 0.29) is 39.8 Å². The van der Waals surface area contributed by atoms with Crippen molar-refractivity contribution < 1.29 is 27.8 Å². The minimum Gasteiger partial charge on any atom is -0.387 e. The molecule has 48 heavy (non-hydrogen) atoms. The summed E-state index contributed by atoms with van der Waals surface area (Å²) in [6.07, 6.45) is 3.64. The molecule has 252 valence electrons. The molecule has 10 nitrogen and oxygen atoms in total. The molecule has 3 aromatic rings. The third kappa shape index (κ3) is 5.44. The van der Waals surface area contributed by atoms with Crippen molar-refractivity contribution >= 4 is 63.6 Å². The van der Waals surface area contributed by atoms with Crippen molar-refractivity contribution in [1.82, 2.24) is 19.8 Å². The molecule has 5 heterocycles. The summed E-state index contributed by atoms with van der Waals surface area (Å²) in [6.45, 7) is 9.98. The van der Waals surface area contributed by atoms with Crippen molar-refractivity contribution in [3.05, 3.63) is 75.2 Å². The number of ether oxygens (including phenoxy) is 2. The van der Waals surface area contributed by atoms with Gasteiger partial charge in [-0.05, 0) is 26.0 Å². The van der Waals surface area contributed by atoms with Crippen LogP contribution in [-0.4, -0.2) is 88.7 Å². The minimum atomic E-state index is -0.891. The van der Waals surface area contributed by atoms with Crippen LogP contribution < -0.4 is 15.9 Å². The number of piperazine rings is 1. The molecule has 0 spiro atoms. The zero-order valence-corrected chi connectivity index (χ0v) is 28.3. The summed E-state index contributed by atoms with van der Waals surface area (Å²) in [6, 6.07) is 3.43. The minimum absolute atomic E-state index is 0.0190. The van der Waals surface area contributed by atoms with Crippen LogP contribution >= 0.6 is 35.0 Å². The highest BCUT2D eigenvalue weighted by Crippen LogP contribution is 2.50. The molecule has 0 bridgehead atoms. The van der Waals surface area contributed by atoms with E-state index in [1.807, 2.05) is 6.92 Å². The fraction of sp³-hybridized carbons (Fsp3) is 0.394. The summed E-state index contributed by atoms with van der Waals surface area (Å²) < 4.78 is 41.6. The topological polar surface area (TPSA) is 106 Å². The van der Waals surface area contributed by atoms with Gasteiger partial charge in [-0.1, -0.05) is 35.9 Å². The second kappa shape index (κ2) is 12.5. The van der Waals surface area contributed by atoms with Crippen LogP contribution in [0.5, 0.6) is 0 Å². The van der Waals surface area contributed by atoms with Crippen molar-refractivity contribution in [3.63, 3.8) is 0 Å². The van der Waals surface area contributed by atoms with Crippen LogP contribution in [0.1, 0.15) is 19.9 Å². The van der Waals surface area contributed by atoms with E-state index >= 15 is 4.39 Å². The first-order chi connectivity index (χ1) is 22.9. The Labute approximate surface area is 288 Å². The number of morpholine rings is 1. The van der Waals surface area contributed by atoms with Crippen molar-refractivity contribution in [2.24, 2.45) is 0 Å². The molecule has 7 rings (SSSR count). The van der Waals surface area contributed by atoms with Gasteiger partial charge in [0.1, 0.15) is 17.5 Å². The van der Waals surface area contributed by atoms with E-state index in [2.05, 4.69) is 38.3 Å². The van der Waals surface area contributed by atoms with Gasteiger partial charge in [0.05, 0.1) is 39.9 Å². The summed E-state index contributed by atoms with van der Waals surface area (Å²) in [5.41, 5.74) is -0.169. The molecule has 0 amide bonds. The van der Waals surface area contributed by atoms with Crippen molar-refractivity contribution in [3.8, 4) is 11.1 Å². The number of hydrogen-bond donors (Lipinski definition) is 1. The number of likely N-dealkylation sites (tertiary alicyclic amines) is 1. The zero-order chi connectivity index (χ0) is 34.1. The predicted molar refractivity (Wildman–Crippen MR) is 180 cm³/mol. The number of anilines is 1. The molecule has 1 N–H and O–H groups in total. The van der Waals surface area contributed by atoms with E-state index in [9.17, 15) is 18.8 Å². The Morgan fingerprint density at radius 1 is 1.19 bits per heavy atom. The molecular formula is C33H31Cl2F2N5O5S. The number of rotatable bonds is 7. The number of nitrogens with zero attached hydrogens (tertiary/aromatic N) is 4. The zero-order valence-electron chi connectivity index (χ0n) is 26.0. The molecule has 1 aromatic heterocycles. The van der Waals surface area contributed by atoms with Crippen molar-refractivity contribution in [2.75, 3.05) is 43.4 Å². The lowest BCUT2D eigenvalue weighted by molar-refractivity contribution is -0.259. The quantitative estimate of drug-likeness (QED) is 0.159. The predicted octanol–water partition coefficient (Wildman–Crippen LogP) is 4.75. The van der Waals surface area contributed by atoms with Crippen LogP contribution in [-0.2, 0) is 19.1 Å². The molecular weight excluding hydrogens is 687 g/mol. The lowest BCUT2D eigenvalue weighted by Gasteiger charge is -2.64. The maximum absolute atomic E-state index is 15.4. The number of esters is 2. The lowest BCUT2D eigenvalue weighted by Crippen LogP contribution is -2.80. The van der Waals surface area contributed by atoms with E-state index < -0.39 is 34.8 Å². The molecule has 5 atom stereocenters. The summed E-state index contributed by atoms with van der Waals surface area (Å²) in [7, 11) is 0. The van der Waals surface area contributed by atoms with E-state index in [0.717, 1.165) is 12.1 Å². The molecule has 0 radical (unpaired) electrons. The van der Waals surface area contributed by atoms with Crippen LogP contribution in [0.3, 0.4) is 0 Å². The van der Waals surface area contributed by atoms with Gasteiger partial charge in [-0.3, -0.25) is 9.47 Å². The maximum Gasteiger partial charge on any atom is 0.350 e. The number of carbonyl (C=O) groups excluding carboxylic acids is 2. The Morgan fingerprint density at radius 3 is 2.69 bits per heavy atom. The number of benzene rings is 2. The van der Waals surface area contributed by atoms with Gasteiger partial charge in [0.15, 0.2) is 0 Å². The monoisotopic (exact) mass is 717 g/mol. The Hall–Kier alpha value is -3.33. The van der Waals surface area contributed by atoms with E-state index in [1.54, 1.807) is 16.7 Å². The largest absolute Gasteiger partial charge is 0.387 e. The smallest absolute Gasteiger partial charge is 0.350 e. The maximum atomic E-state index is 15.4. The lowest BCUT2D eigenvalue weighted by atomic mass is 9.76. The average Bonchev–Trinajstić information content (AvgIpc) is 3.04. The second-order valence-corrected chi connectivity index (χ2v) is 14.4. The van der Waals surface area contributed by atoms with Gasteiger partial charge in [0.25, 0.3) is 0 Å². The molecule has 15 heteroatoms. The molecule has 0 aliphatic carbocycles. The molecule has 3 saturated heterocycles. The standard InChI is InChI=1S/C33H31Cl2F2N5O5S/c1-4-26(43)47-27(44)5-6-33-15-46-25(33)13-40(33)12-18-14-48-30-28(19-7-21(34)24(37)9-23(19)36)22(35)8-20-29(30)42(18)32(45)39-31(20)41-11-16(2)38-10-17(41)3/h4-9,16-18,25,38H,1,10-15H2,2-3H3/b6-5+/t16-,17+,18+,25?,33?/m1/s1. The molecule has 2 unspecified atom stereocenters. The van der Waals surface area contributed by atoms with Crippen LogP contribution in [0.25, 0.3) is 22.0 Å². The van der Waals surface area contributed by atoms with E-state index in [4.69, 9.17) is 27.9 Å². The van der Waals surface area contributed by atoms with E-state index in [1.165, 1.54) is 23.9 Å². The van der Waals surface area contributed by atoms with Gasteiger partial charge in [0, 0.05) is 83.6 Å².